The van der Waals surface area contributed by atoms with Crippen LogP contribution in [0.5, 0.6) is 0 Å². The topological polar surface area (TPSA) is 61.5 Å². The van der Waals surface area contributed by atoms with Crippen molar-refractivity contribution in [2.24, 2.45) is 5.73 Å². The van der Waals surface area contributed by atoms with E-state index < -0.39 is 6.10 Å². The molecule has 106 valence electrons. The van der Waals surface area contributed by atoms with Crippen LogP contribution in [0.15, 0.2) is 0 Å². The highest BCUT2D eigenvalue weighted by atomic mass is 16.6. The summed E-state index contributed by atoms with van der Waals surface area (Å²) in [5.74, 6) is -0.253. The first-order valence-corrected chi connectivity index (χ1v) is 7.22. The second-order valence-electron chi connectivity index (χ2n) is 5.07. The van der Waals surface area contributed by atoms with Crippen LogP contribution < -0.4 is 5.73 Å². The predicted octanol–water partition coefficient (Wildman–Crippen LogP) is 2.40. The van der Waals surface area contributed by atoms with Crippen molar-refractivity contribution in [2.75, 3.05) is 13.2 Å². The Bertz CT molecular complexity index is 247. The summed E-state index contributed by atoms with van der Waals surface area (Å²) < 4.78 is 11.1. The van der Waals surface area contributed by atoms with Gasteiger partial charge in [-0.1, -0.05) is 32.6 Å². The molecule has 1 aliphatic rings. The van der Waals surface area contributed by atoms with E-state index in [9.17, 15) is 4.79 Å². The van der Waals surface area contributed by atoms with Crippen LogP contribution in [-0.4, -0.2) is 30.8 Å². The average Bonchev–Trinajstić information content (AvgIpc) is 2.62. The van der Waals surface area contributed by atoms with E-state index in [1.165, 1.54) is 12.8 Å². The van der Waals surface area contributed by atoms with Gasteiger partial charge in [-0.3, -0.25) is 0 Å². The molecule has 0 bridgehead atoms. The summed E-state index contributed by atoms with van der Waals surface area (Å²) in [7, 11) is 0. The number of rotatable bonds is 6. The fraction of sp³-hybridized carbons (Fsp3) is 0.929. The Balaban J connectivity index is 2.65. The van der Waals surface area contributed by atoms with Crippen molar-refractivity contribution in [3.05, 3.63) is 0 Å². The monoisotopic (exact) mass is 257 g/mol. The molecule has 0 aliphatic heterocycles. The normalized spacial score (nSPS) is 21.1. The highest BCUT2D eigenvalue weighted by molar-refractivity contribution is 5.74. The van der Waals surface area contributed by atoms with Crippen LogP contribution in [0.2, 0.25) is 0 Å². The molecule has 0 aromatic rings. The summed E-state index contributed by atoms with van der Waals surface area (Å²) in [6.07, 6.45) is 6.83. The van der Waals surface area contributed by atoms with Crippen LogP contribution in [0.3, 0.4) is 0 Å². The Kier molecular flexibility index (Phi) is 6.65. The Hall–Kier alpha value is -0.610. The predicted molar refractivity (Wildman–Crippen MR) is 71.3 cm³/mol. The molecule has 0 aromatic heterocycles. The van der Waals surface area contributed by atoms with E-state index in [1.807, 2.05) is 13.8 Å². The third-order valence-electron chi connectivity index (χ3n) is 3.70. The number of carbonyl (C=O) groups is 1. The largest absolute Gasteiger partial charge is 0.464 e. The summed E-state index contributed by atoms with van der Waals surface area (Å²) >= 11 is 0. The molecule has 0 amide bonds. The van der Waals surface area contributed by atoms with Crippen LogP contribution in [0.4, 0.5) is 0 Å². The van der Waals surface area contributed by atoms with Gasteiger partial charge in [0.15, 0.2) is 6.10 Å². The molecule has 1 rings (SSSR count). The van der Waals surface area contributed by atoms with Crippen molar-refractivity contribution < 1.29 is 14.3 Å². The van der Waals surface area contributed by atoms with Crippen LogP contribution >= 0.6 is 0 Å². The van der Waals surface area contributed by atoms with E-state index in [0.29, 0.717) is 19.6 Å². The maximum absolute atomic E-state index is 11.8. The zero-order chi connectivity index (χ0) is 13.4. The van der Waals surface area contributed by atoms with Crippen molar-refractivity contribution in [3.8, 4) is 0 Å². The van der Waals surface area contributed by atoms with E-state index in [1.54, 1.807) is 0 Å². The van der Waals surface area contributed by atoms with Gasteiger partial charge in [0.1, 0.15) is 0 Å². The van der Waals surface area contributed by atoms with E-state index in [0.717, 1.165) is 25.7 Å². The lowest BCUT2D eigenvalue weighted by Gasteiger charge is -2.34. The minimum Gasteiger partial charge on any atom is -0.464 e. The van der Waals surface area contributed by atoms with Gasteiger partial charge in [-0.05, 0) is 26.2 Å². The summed E-state index contributed by atoms with van der Waals surface area (Å²) in [5.41, 5.74) is 5.59. The zero-order valence-corrected chi connectivity index (χ0v) is 11.7. The standard InChI is InChI=1S/C14H27NO3/c1-3-12(13(16)17-4-2)18-14(11-15)9-7-5-6-8-10-14/h12H,3-11,15H2,1-2H3. The maximum atomic E-state index is 11.8. The van der Waals surface area contributed by atoms with E-state index in [4.69, 9.17) is 15.2 Å². The van der Waals surface area contributed by atoms with Crippen LogP contribution in [0.1, 0.15) is 58.8 Å². The summed E-state index contributed by atoms with van der Waals surface area (Å²) in [5, 5.41) is 0. The molecule has 1 saturated carbocycles. The fourth-order valence-electron chi connectivity index (χ4n) is 2.58. The third-order valence-corrected chi connectivity index (χ3v) is 3.70. The molecule has 0 heterocycles. The molecular weight excluding hydrogens is 230 g/mol. The van der Waals surface area contributed by atoms with Gasteiger partial charge in [0, 0.05) is 6.54 Å². The van der Waals surface area contributed by atoms with Gasteiger partial charge in [-0.2, -0.15) is 0 Å². The Morgan fingerprint density at radius 2 is 1.83 bits per heavy atom. The Morgan fingerprint density at radius 1 is 1.22 bits per heavy atom. The number of ether oxygens (including phenoxy) is 2. The molecule has 0 saturated heterocycles. The number of nitrogens with two attached hydrogens (primary N) is 1. The number of carbonyl (C=O) groups excluding carboxylic acids is 1. The van der Waals surface area contributed by atoms with Crippen LogP contribution in [0, 0.1) is 0 Å². The van der Waals surface area contributed by atoms with E-state index in [-0.39, 0.29) is 11.6 Å². The minimum absolute atomic E-state index is 0.253. The Labute approximate surface area is 110 Å². The highest BCUT2D eigenvalue weighted by Crippen LogP contribution is 2.31. The maximum Gasteiger partial charge on any atom is 0.335 e. The molecule has 0 spiro atoms. The van der Waals surface area contributed by atoms with Gasteiger partial charge in [0.05, 0.1) is 12.2 Å². The second kappa shape index (κ2) is 7.74. The molecule has 4 nitrogen and oxygen atoms in total. The average molecular weight is 257 g/mol. The first-order chi connectivity index (χ1) is 8.67. The lowest BCUT2D eigenvalue weighted by molar-refractivity contribution is -0.171. The van der Waals surface area contributed by atoms with Crippen molar-refractivity contribution in [2.45, 2.75) is 70.5 Å². The molecule has 1 fully saturated rings. The van der Waals surface area contributed by atoms with E-state index in [2.05, 4.69) is 0 Å². The molecule has 1 unspecified atom stereocenters. The second-order valence-corrected chi connectivity index (χ2v) is 5.07. The molecule has 4 heteroatoms. The number of hydrogen-bond acceptors (Lipinski definition) is 4. The lowest BCUT2D eigenvalue weighted by atomic mass is 9.94. The van der Waals surface area contributed by atoms with Gasteiger partial charge < -0.3 is 15.2 Å². The molecule has 1 aliphatic carbocycles. The van der Waals surface area contributed by atoms with Gasteiger partial charge in [0.2, 0.25) is 0 Å². The van der Waals surface area contributed by atoms with Crippen LogP contribution in [0.25, 0.3) is 0 Å². The molecule has 0 aromatic carbocycles. The lowest BCUT2D eigenvalue weighted by Crippen LogP contribution is -2.45. The van der Waals surface area contributed by atoms with Gasteiger partial charge >= 0.3 is 5.97 Å². The highest BCUT2D eigenvalue weighted by Gasteiger charge is 2.35. The zero-order valence-electron chi connectivity index (χ0n) is 11.7. The number of hydrogen-bond donors (Lipinski definition) is 1. The molecule has 1 atom stereocenters. The molecular formula is C14H27NO3. The number of esters is 1. The van der Waals surface area contributed by atoms with Crippen molar-refractivity contribution in [3.63, 3.8) is 0 Å². The van der Waals surface area contributed by atoms with Gasteiger partial charge in [-0.25, -0.2) is 4.79 Å². The summed E-state index contributed by atoms with van der Waals surface area (Å²) in [4.78, 5) is 11.8. The first kappa shape index (κ1) is 15.4. The van der Waals surface area contributed by atoms with Gasteiger partial charge in [0.25, 0.3) is 0 Å². The van der Waals surface area contributed by atoms with Crippen molar-refractivity contribution in [1.29, 1.82) is 0 Å². The minimum atomic E-state index is -0.466. The van der Waals surface area contributed by atoms with Crippen LogP contribution in [-0.2, 0) is 14.3 Å². The third kappa shape index (κ3) is 4.25. The van der Waals surface area contributed by atoms with Crippen molar-refractivity contribution >= 4 is 5.97 Å². The van der Waals surface area contributed by atoms with E-state index >= 15 is 0 Å². The molecule has 0 radical (unpaired) electrons. The smallest absolute Gasteiger partial charge is 0.335 e. The summed E-state index contributed by atoms with van der Waals surface area (Å²) in [6.45, 7) is 4.65. The SMILES string of the molecule is CCOC(=O)C(CC)OC1(CN)CCCCCC1. The molecule has 2 N–H and O–H groups in total. The fourth-order valence-corrected chi connectivity index (χ4v) is 2.58. The Morgan fingerprint density at radius 3 is 2.28 bits per heavy atom. The summed E-state index contributed by atoms with van der Waals surface area (Å²) in [6, 6.07) is 0. The quantitative estimate of drug-likeness (QED) is 0.586. The van der Waals surface area contributed by atoms with Gasteiger partial charge in [-0.15, -0.1) is 0 Å². The van der Waals surface area contributed by atoms with Crippen molar-refractivity contribution in [1.82, 2.24) is 0 Å². The molecule has 18 heavy (non-hydrogen) atoms. The first-order valence-electron chi connectivity index (χ1n) is 7.22.